The number of thioether (sulfide) groups is 1. The van der Waals surface area contributed by atoms with Crippen molar-refractivity contribution in [2.45, 2.75) is 31.6 Å². The van der Waals surface area contributed by atoms with Gasteiger partial charge < -0.3 is 4.90 Å². The Morgan fingerprint density at radius 3 is 2.52 bits per heavy atom. The van der Waals surface area contributed by atoms with Gasteiger partial charge in [0.05, 0.1) is 0 Å². The lowest BCUT2D eigenvalue weighted by atomic mass is 9.99. The molecule has 1 amide bonds. The van der Waals surface area contributed by atoms with Crippen LogP contribution in [0.25, 0.3) is 0 Å². The normalized spacial score (nSPS) is 19.1. The van der Waals surface area contributed by atoms with Crippen molar-refractivity contribution in [3.05, 3.63) is 71.5 Å². The maximum atomic E-state index is 13.9. The monoisotopic (exact) mass is 413 g/mol. The number of benzene rings is 2. The molecule has 2 aromatic carbocycles. The quantitative estimate of drug-likeness (QED) is 0.647. The van der Waals surface area contributed by atoms with E-state index in [1.807, 2.05) is 64.3 Å². The molecule has 4 nitrogen and oxygen atoms in total. The molecule has 1 aliphatic rings. The van der Waals surface area contributed by atoms with E-state index in [2.05, 4.69) is 4.90 Å². The first kappa shape index (κ1) is 21.5. The molecule has 0 fully saturated rings. The summed E-state index contributed by atoms with van der Waals surface area (Å²) in [5, 5.41) is 7.05. The Morgan fingerprint density at radius 2 is 1.90 bits per heavy atom. The van der Waals surface area contributed by atoms with E-state index >= 15 is 0 Å². The average molecular weight is 414 g/mol. The van der Waals surface area contributed by atoms with Gasteiger partial charge in [-0.2, -0.15) is 5.10 Å². The van der Waals surface area contributed by atoms with Crippen molar-refractivity contribution in [2.75, 3.05) is 20.6 Å². The maximum absolute atomic E-state index is 13.9. The fourth-order valence-corrected chi connectivity index (χ4v) is 4.83. The molecule has 2 aromatic rings. The molecule has 29 heavy (non-hydrogen) atoms. The second kappa shape index (κ2) is 9.09. The highest BCUT2D eigenvalue weighted by atomic mass is 32.2. The minimum absolute atomic E-state index is 0.0300. The molecule has 154 valence electrons. The third-order valence-electron chi connectivity index (χ3n) is 4.92. The molecule has 0 aromatic heterocycles. The molecule has 0 spiro atoms. The predicted octanol–water partition coefficient (Wildman–Crippen LogP) is 4.91. The number of hydrogen-bond acceptors (Lipinski definition) is 4. The second-order valence-electron chi connectivity index (χ2n) is 7.88. The highest BCUT2D eigenvalue weighted by molar-refractivity contribution is 8.15. The van der Waals surface area contributed by atoms with E-state index < -0.39 is 4.87 Å². The molecule has 0 saturated carbocycles. The van der Waals surface area contributed by atoms with Gasteiger partial charge in [-0.15, -0.1) is 0 Å². The van der Waals surface area contributed by atoms with E-state index in [-0.39, 0.29) is 17.6 Å². The number of halogens is 1. The summed E-state index contributed by atoms with van der Waals surface area (Å²) in [7, 11) is 4.09. The summed E-state index contributed by atoms with van der Waals surface area (Å²) in [6.07, 6.45) is 1.66. The minimum atomic E-state index is -0.639. The zero-order valence-corrected chi connectivity index (χ0v) is 18.2. The van der Waals surface area contributed by atoms with Gasteiger partial charge in [-0.05, 0) is 51.2 Å². The number of carbonyl (C=O) groups excluding carboxylic acids is 1. The van der Waals surface area contributed by atoms with Gasteiger partial charge >= 0.3 is 0 Å². The first-order chi connectivity index (χ1) is 13.8. The number of amides is 1. The Hall–Kier alpha value is -2.18. The van der Waals surface area contributed by atoms with Crippen molar-refractivity contribution in [1.29, 1.82) is 0 Å². The van der Waals surface area contributed by atoms with Crippen LogP contribution in [-0.4, -0.2) is 41.5 Å². The molecule has 0 radical (unpaired) electrons. The molecule has 6 heteroatoms. The van der Waals surface area contributed by atoms with Crippen LogP contribution in [-0.2, 0) is 9.67 Å². The highest BCUT2D eigenvalue weighted by Crippen LogP contribution is 2.50. The lowest BCUT2D eigenvalue weighted by Gasteiger charge is -2.37. The van der Waals surface area contributed by atoms with E-state index in [0.29, 0.717) is 10.6 Å². The molecule has 1 aliphatic heterocycles. The molecule has 0 aliphatic carbocycles. The maximum Gasteiger partial charge on any atom is 0.246 e. The molecular formula is C23H28FN3OS. The van der Waals surface area contributed by atoms with E-state index in [1.54, 1.807) is 22.8 Å². The Balaban J connectivity index is 2.07. The van der Waals surface area contributed by atoms with Crippen molar-refractivity contribution < 1.29 is 9.18 Å². The summed E-state index contributed by atoms with van der Waals surface area (Å²) in [6.45, 7) is 4.69. The standard InChI is InChI=1S/C23H28FN3OS/c1-17(2)22(28)27-23(14-9-15-26(3)4,19-11-6-5-7-12-19)29-21(25-27)18-10-8-13-20(24)16-18/h5-8,10-13,16-17H,9,14-15H2,1-4H3. The summed E-state index contributed by atoms with van der Waals surface area (Å²) < 4.78 is 13.9. The third-order valence-corrected chi connectivity index (χ3v) is 6.38. The molecular weight excluding hydrogens is 385 g/mol. The van der Waals surface area contributed by atoms with Gasteiger partial charge in [0, 0.05) is 11.5 Å². The average Bonchev–Trinajstić information content (AvgIpc) is 3.08. The summed E-state index contributed by atoms with van der Waals surface area (Å²) in [4.78, 5) is 14.7. The summed E-state index contributed by atoms with van der Waals surface area (Å²) >= 11 is 1.55. The topological polar surface area (TPSA) is 35.9 Å². The second-order valence-corrected chi connectivity index (χ2v) is 9.15. The van der Waals surface area contributed by atoms with Crippen LogP contribution in [0, 0.1) is 11.7 Å². The fraction of sp³-hybridized carbons (Fsp3) is 0.391. The van der Waals surface area contributed by atoms with Crippen molar-refractivity contribution in [1.82, 2.24) is 9.91 Å². The van der Waals surface area contributed by atoms with Crippen LogP contribution in [0.3, 0.4) is 0 Å². The van der Waals surface area contributed by atoms with Gasteiger partial charge in [-0.1, -0.05) is 68.1 Å². The zero-order valence-electron chi connectivity index (χ0n) is 17.4. The van der Waals surface area contributed by atoms with E-state index in [9.17, 15) is 9.18 Å². The van der Waals surface area contributed by atoms with E-state index in [4.69, 9.17) is 5.10 Å². The smallest absolute Gasteiger partial charge is 0.246 e. The van der Waals surface area contributed by atoms with Gasteiger partial charge in [-0.3, -0.25) is 4.79 Å². The van der Waals surface area contributed by atoms with Crippen molar-refractivity contribution >= 4 is 22.7 Å². The van der Waals surface area contributed by atoms with Crippen LogP contribution < -0.4 is 0 Å². The van der Waals surface area contributed by atoms with Gasteiger partial charge in [0.1, 0.15) is 15.7 Å². The lowest BCUT2D eigenvalue weighted by Crippen LogP contribution is -2.43. The van der Waals surface area contributed by atoms with Crippen LogP contribution >= 0.6 is 11.8 Å². The van der Waals surface area contributed by atoms with Crippen LogP contribution in [0.1, 0.15) is 37.8 Å². The molecule has 0 N–H and O–H groups in total. The summed E-state index contributed by atoms with van der Waals surface area (Å²) in [6, 6.07) is 16.5. The van der Waals surface area contributed by atoms with Gasteiger partial charge in [0.25, 0.3) is 0 Å². The van der Waals surface area contributed by atoms with Crippen LogP contribution in [0.4, 0.5) is 4.39 Å². The first-order valence-electron chi connectivity index (χ1n) is 9.91. The molecule has 0 saturated heterocycles. The number of nitrogens with zero attached hydrogens (tertiary/aromatic N) is 3. The molecule has 3 rings (SSSR count). The molecule has 0 bridgehead atoms. The number of rotatable bonds is 7. The van der Waals surface area contributed by atoms with Crippen molar-refractivity contribution in [3.8, 4) is 0 Å². The van der Waals surface area contributed by atoms with Crippen LogP contribution in [0.2, 0.25) is 0 Å². The minimum Gasteiger partial charge on any atom is -0.309 e. The fourth-order valence-electron chi connectivity index (χ4n) is 3.42. The first-order valence-corrected chi connectivity index (χ1v) is 10.7. The highest BCUT2D eigenvalue weighted by Gasteiger charge is 2.48. The predicted molar refractivity (Wildman–Crippen MR) is 118 cm³/mol. The summed E-state index contributed by atoms with van der Waals surface area (Å²) in [5.41, 5.74) is 1.73. The number of hydrogen-bond donors (Lipinski definition) is 0. The number of carbonyl (C=O) groups is 1. The van der Waals surface area contributed by atoms with Gasteiger partial charge in [0.15, 0.2) is 0 Å². The molecule has 1 atom stereocenters. The third kappa shape index (κ3) is 4.70. The summed E-state index contributed by atoms with van der Waals surface area (Å²) in [5.74, 6) is -0.530. The van der Waals surface area contributed by atoms with Crippen molar-refractivity contribution in [2.24, 2.45) is 11.0 Å². The Kier molecular flexibility index (Phi) is 6.75. The number of hydrazone groups is 1. The van der Waals surface area contributed by atoms with Crippen LogP contribution in [0.5, 0.6) is 0 Å². The SMILES string of the molecule is CC(C)C(=O)N1N=C(c2cccc(F)c2)SC1(CCCN(C)C)c1ccccc1. The van der Waals surface area contributed by atoms with E-state index in [0.717, 1.165) is 24.9 Å². The van der Waals surface area contributed by atoms with Crippen molar-refractivity contribution in [3.63, 3.8) is 0 Å². The Morgan fingerprint density at radius 1 is 1.17 bits per heavy atom. The molecule has 1 unspecified atom stereocenters. The Bertz CT molecular complexity index is 885. The lowest BCUT2D eigenvalue weighted by molar-refractivity contribution is -0.138. The Labute approximate surface area is 176 Å². The van der Waals surface area contributed by atoms with E-state index in [1.165, 1.54) is 12.1 Å². The largest absolute Gasteiger partial charge is 0.309 e. The van der Waals surface area contributed by atoms with Crippen LogP contribution in [0.15, 0.2) is 59.7 Å². The van der Waals surface area contributed by atoms with Gasteiger partial charge in [-0.25, -0.2) is 9.40 Å². The zero-order chi connectivity index (χ0) is 21.0. The molecule has 1 heterocycles. The van der Waals surface area contributed by atoms with Gasteiger partial charge in [0.2, 0.25) is 5.91 Å².